The summed E-state index contributed by atoms with van der Waals surface area (Å²) < 4.78 is 0. The molecule has 0 radical (unpaired) electrons. The van der Waals surface area contributed by atoms with Crippen LogP contribution in [-0.2, 0) is 0 Å². The minimum absolute atomic E-state index is 0. The molecule has 1 fully saturated rings. The molecular weight excluding hydrogens is 475 g/mol. The molecule has 5 nitrogen and oxygen atoms in total. The molecule has 3 rings (SSSR count). The molecule has 2 aromatic rings. The molecule has 0 bridgehead atoms. The largest absolute Gasteiger partial charge is 0.357 e. The van der Waals surface area contributed by atoms with E-state index in [1.165, 1.54) is 5.56 Å². The third kappa shape index (κ3) is 7.03. The van der Waals surface area contributed by atoms with Gasteiger partial charge in [-0.3, -0.25) is 9.79 Å². The number of benzene rings is 2. The normalized spacial score (nSPS) is 16.2. The van der Waals surface area contributed by atoms with Gasteiger partial charge in [-0.15, -0.1) is 24.0 Å². The fourth-order valence-corrected chi connectivity index (χ4v) is 3.53. The highest BCUT2D eigenvalue weighted by Gasteiger charge is 2.25. The van der Waals surface area contributed by atoms with E-state index in [9.17, 15) is 4.79 Å². The first-order chi connectivity index (χ1) is 13.8. The molecule has 1 atom stereocenters. The molecule has 0 aliphatic carbocycles. The molecule has 1 amide bonds. The SMILES string of the molecule is CCNC(=NCCCNC(=O)c1ccccc1)N1CCC(c2ccccc2)C1.I. The van der Waals surface area contributed by atoms with Gasteiger partial charge in [0.1, 0.15) is 0 Å². The summed E-state index contributed by atoms with van der Waals surface area (Å²) >= 11 is 0. The van der Waals surface area contributed by atoms with Gasteiger partial charge in [0.25, 0.3) is 5.91 Å². The lowest BCUT2D eigenvalue weighted by molar-refractivity contribution is 0.0953. The summed E-state index contributed by atoms with van der Waals surface area (Å²) in [6.45, 7) is 6.31. The molecule has 0 aromatic heterocycles. The van der Waals surface area contributed by atoms with Gasteiger partial charge < -0.3 is 15.5 Å². The number of rotatable bonds is 7. The molecule has 0 spiro atoms. The number of likely N-dealkylation sites (tertiary alicyclic amines) is 1. The number of halogens is 1. The quantitative estimate of drug-likeness (QED) is 0.260. The highest BCUT2D eigenvalue weighted by atomic mass is 127. The molecule has 2 aromatic carbocycles. The van der Waals surface area contributed by atoms with Gasteiger partial charge in [-0.1, -0.05) is 48.5 Å². The van der Waals surface area contributed by atoms with Crippen LogP contribution in [0.15, 0.2) is 65.7 Å². The smallest absolute Gasteiger partial charge is 0.251 e. The molecule has 156 valence electrons. The molecule has 1 unspecified atom stereocenters. The standard InChI is InChI=1S/C23H30N4O.HI/c1-2-24-23(27-17-14-21(18-27)19-10-5-3-6-11-19)26-16-9-15-25-22(28)20-12-7-4-8-13-20;/h3-8,10-13,21H,2,9,14-18H2,1H3,(H,24,26)(H,25,28);1H. The average Bonchev–Trinajstić information content (AvgIpc) is 3.24. The first-order valence-corrected chi connectivity index (χ1v) is 10.2. The summed E-state index contributed by atoms with van der Waals surface area (Å²) in [7, 11) is 0. The van der Waals surface area contributed by atoms with Crippen LogP contribution in [-0.4, -0.2) is 49.5 Å². The summed E-state index contributed by atoms with van der Waals surface area (Å²) in [6, 6.07) is 20.0. The summed E-state index contributed by atoms with van der Waals surface area (Å²) in [6.07, 6.45) is 1.98. The Hall–Kier alpha value is -2.09. The van der Waals surface area contributed by atoms with E-state index < -0.39 is 0 Å². The van der Waals surface area contributed by atoms with E-state index >= 15 is 0 Å². The van der Waals surface area contributed by atoms with Gasteiger partial charge in [-0.25, -0.2) is 0 Å². The van der Waals surface area contributed by atoms with E-state index in [-0.39, 0.29) is 29.9 Å². The maximum absolute atomic E-state index is 12.1. The van der Waals surface area contributed by atoms with Crippen LogP contribution in [0.3, 0.4) is 0 Å². The Morgan fingerprint density at radius 1 is 1.07 bits per heavy atom. The maximum atomic E-state index is 12.1. The fourth-order valence-electron chi connectivity index (χ4n) is 3.53. The van der Waals surface area contributed by atoms with E-state index in [2.05, 4.69) is 52.8 Å². The fraction of sp³-hybridized carbons (Fsp3) is 0.391. The topological polar surface area (TPSA) is 56.7 Å². The first-order valence-electron chi connectivity index (χ1n) is 10.2. The highest BCUT2D eigenvalue weighted by molar-refractivity contribution is 14.0. The van der Waals surface area contributed by atoms with Gasteiger partial charge in [0.2, 0.25) is 0 Å². The predicted molar refractivity (Wildman–Crippen MR) is 130 cm³/mol. The second-order valence-corrected chi connectivity index (χ2v) is 7.05. The average molecular weight is 506 g/mol. The molecule has 2 N–H and O–H groups in total. The van der Waals surface area contributed by atoms with Gasteiger partial charge in [0.15, 0.2) is 5.96 Å². The molecule has 29 heavy (non-hydrogen) atoms. The van der Waals surface area contributed by atoms with Gasteiger partial charge >= 0.3 is 0 Å². The van der Waals surface area contributed by atoms with Crippen molar-refractivity contribution < 1.29 is 4.79 Å². The summed E-state index contributed by atoms with van der Waals surface area (Å²) in [5, 5.41) is 6.37. The summed E-state index contributed by atoms with van der Waals surface area (Å²) in [4.78, 5) is 19.2. The maximum Gasteiger partial charge on any atom is 0.251 e. The second kappa shape index (κ2) is 12.5. The van der Waals surface area contributed by atoms with Crippen molar-refractivity contribution in [3.8, 4) is 0 Å². The van der Waals surface area contributed by atoms with E-state index in [1.54, 1.807) is 0 Å². The Kier molecular flexibility index (Phi) is 9.97. The van der Waals surface area contributed by atoms with Crippen LogP contribution in [0.1, 0.15) is 41.6 Å². The lowest BCUT2D eigenvalue weighted by Gasteiger charge is -2.21. The Morgan fingerprint density at radius 3 is 2.45 bits per heavy atom. The Morgan fingerprint density at radius 2 is 1.76 bits per heavy atom. The van der Waals surface area contributed by atoms with Crippen molar-refractivity contribution in [1.82, 2.24) is 15.5 Å². The van der Waals surface area contributed by atoms with Crippen LogP contribution < -0.4 is 10.6 Å². The van der Waals surface area contributed by atoms with Crippen molar-refractivity contribution >= 4 is 35.8 Å². The van der Waals surface area contributed by atoms with Crippen molar-refractivity contribution in [1.29, 1.82) is 0 Å². The van der Waals surface area contributed by atoms with E-state index in [0.29, 0.717) is 24.6 Å². The van der Waals surface area contributed by atoms with Crippen LogP contribution in [0, 0.1) is 0 Å². The Balaban J connectivity index is 0.00000300. The second-order valence-electron chi connectivity index (χ2n) is 7.05. The number of carbonyl (C=O) groups excluding carboxylic acids is 1. The van der Waals surface area contributed by atoms with Crippen molar-refractivity contribution in [3.63, 3.8) is 0 Å². The third-order valence-electron chi connectivity index (χ3n) is 5.01. The molecule has 1 saturated heterocycles. The monoisotopic (exact) mass is 506 g/mol. The van der Waals surface area contributed by atoms with E-state index in [0.717, 1.165) is 38.4 Å². The number of carbonyl (C=O) groups is 1. The van der Waals surface area contributed by atoms with Crippen LogP contribution in [0.4, 0.5) is 0 Å². The number of guanidine groups is 1. The lowest BCUT2D eigenvalue weighted by atomic mass is 9.99. The zero-order chi connectivity index (χ0) is 19.6. The van der Waals surface area contributed by atoms with E-state index in [1.807, 2.05) is 30.3 Å². The number of aliphatic imine (C=N–C) groups is 1. The number of amides is 1. The van der Waals surface area contributed by atoms with Crippen molar-refractivity contribution in [3.05, 3.63) is 71.8 Å². The van der Waals surface area contributed by atoms with Crippen LogP contribution >= 0.6 is 24.0 Å². The molecule has 1 aliphatic heterocycles. The number of hydrogen-bond donors (Lipinski definition) is 2. The molecule has 6 heteroatoms. The zero-order valence-corrected chi connectivity index (χ0v) is 19.3. The first kappa shape index (κ1) is 23.2. The third-order valence-corrected chi connectivity index (χ3v) is 5.01. The van der Waals surface area contributed by atoms with Crippen molar-refractivity contribution in [2.45, 2.75) is 25.7 Å². The van der Waals surface area contributed by atoms with E-state index in [4.69, 9.17) is 4.99 Å². The summed E-state index contributed by atoms with van der Waals surface area (Å²) in [5.74, 6) is 1.52. The minimum atomic E-state index is -0.0262. The van der Waals surface area contributed by atoms with Crippen molar-refractivity contribution in [2.75, 3.05) is 32.7 Å². The molecule has 1 heterocycles. The molecule has 1 aliphatic rings. The summed E-state index contributed by atoms with van der Waals surface area (Å²) in [5.41, 5.74) is 2.10. The van der Waals surface area contributed by atoms with Crippen LogP contribution in [0.25, 0.3) is 0 Å². The Bertz CT molecular complexity index is 767. The lowest BCUT2D eigenvalue weighted by Crippen LogP contribution is -2.40. The number of hydrogen-bond acceptors (Lipinski definition) is 2. The van der Waals surface area contributed by atoms with Gasteiger partial charge in [-0.05, 0) is 37.5 Å². The minimum Gasteiger partial charge on any atom is -0.357 e. The predicted octanol–water partition coefficient (Wildman–Crippen LogP) is 3.88. The Labute approximate surface area is 191 Å². The molecule has 0 saturated carbocycles. The van der Waals surface area contributed by atoms with Crippen molar-refractivity contribution in [2.24, 2.45) is 4.99 Å². The van der Waals surface area contributed by atoms with Crippen LogP contribution in [0.2, 0.25) is 0 Å². The van der Waals surface area contributed by atoms with Gasteiger partial charge in [-0.2, -0.15) is 0 Å². The zero-order valence-electron chi connectivity index (χ0n) is 17.0. The van der Waals surface area contributed by atoms with Crippen LogP contribution in [0.5, 0.6) is 0 Å². The van der Waals surface area contributed by atoms with Gasteiger partial charge in [0, 0.05) is 44.2 Å². The van der Waals surface area contributed by atoms with Gasteiger partial charge in [0.05, 0.1) is 0 Å². The number of nitrogens with zero attached hydrogens (tertiary/aromatic N) is 2. The highest BCUT2D eigenvalue weighted by Crippen LogP contribution is 2.26. The molecular formula is C23H31IN4O. The number of nitrogens with one attached hydrogen (secondary N) is 2.